The first kappa shape index (κ1) is 17.2. The number of amides is 1. The highest BCUT2D eigenvalue weighted by molar-refractivity contribution is 8.14. The number of hydrogen-bond donors (Lipinski definition) is 1. The van der Waals surface area contributed by atoms with Crippen LogP contribution in [0.4, 0.5) is 5.69 Å². The van der Waals surface area contributed by atoms with Crippen LogP contribution in [0.1, 0.15) is 12.5 Å². The Labute approximate surface area is 161 Å². The Kier molecular flexibility index (Phi) is 4.74. The Morgan fingerprint density at radius 1 is 1.27 bits per heavy atom. The summed E-state index contributed by atoms with van der Waals surface area (Å²) in [6.07, 6.45) is 2.22. The van der Waals surface area contributed by atoms with Gasteiger partial charge >= 0.3 is 0 Å². The van der Waals surface area contributed by atoms with E-state index in [0.29, 0.717) is 11.4 Å². The number of anilines is 1. The first-order valence-corrected chi connectivity index (χ1v) is 9.82. The quantitative estimate of drug-likeness (QED) is 0.700. The summed E-state index contributed by atoms with van der Waals surface area (Å²) in [5.41, 5.74) is 2.82. The predicted octanol–water partition coefficient (Wildman–Crippen LogP) is 4.89. The standard InChI is InChI=1S/C20H18ClN3OS/c1-13-12-26-20(23-13)24(16-8-6-15(21)7-9-16)19(25)10-14-11-22-18-5-3-2-4-17(14)18/h2-9,11,13,22H,10,12H2,1H3/t13-/m0/s1. The number of aromatic amines is 1. The summed E-state index contributed by atoms with van der Waals surface area (Å²) < 4.78 is 0. The average Bonchev–Trinajstić information content (AvgIpc) is 3.24. The second-order valence-electron chi connectivity index (χ2n) is 6.31. The van der Waals surface area contributed by atoms with Gasteiger partial charge < -0.3 is 4.98 Å². The highest BCUT2D eigenvalue weighted by atomic mass is 35.5. The van der Waals surface area contributed by atoms with Crippen molar-refractivity contribution in [2.75, 3.05) is 10.7 Å². The number of nitrogens with one attached hydrogen (secondary N) is 1. The monoisotopic (exact) mass is 383 g/mol. The Morgan fingerprint density at radius 2 is 2.04 bits per heavy atom. The number of aliphatic imine (C=N–C) groups is 1. The number of carbonyl (C=O) groups is 1. The molecule has 1 atom stereocenters. The number of amidine groups is 1. The minimum absolute atomic E-state index is 0.00238. The molecule has 0 saturated heterocycles. The summed E-state index contributed by atoms with van der Waals surface area (Å²) in [7, 11) is 0. The molecule has 132 valence electrons. The van der Waals surface area contributed by atoms with Crippen molar-refractivity contribution in [3.63, 3.8) is 0 Å². The molecule has 0 fully saturated rings. The van der Waals surface area contributed by atoms with Crippen molar-refractivity contribution in [2.24, 2.45) is 4.99 Å². The number of nitrogens with zero attached hydrogens (tertiary/aromatic N) is 2. The second kappa shape index (κ2) is 7.17. The molecule has 1 amide bonds. The Hall–Kier alpha value is -2.24. The first-order chi connectivity index (χ1) is 12.6. The Balaban J connectivity index is 1.68. The molecule has 2 heterocycles. The molecule has 1 N–H and O–H groups in total. The van der Waals surface area contributed by atoms with Crippen molar-refractivity contribution in [3.8, 4) is 0 Å². The van der Waals surface area contributed by atoms with Crippen LogP contribution in [0.3, 0.4) is 0 Å². The molecule has 4 nitrogen and oxygen atoms in total. The second-order valence-corrected chi connectivity index (χ2v) is 7.74. The van der Waals surface area contributed by atoms with Crippen molar-refractivity contribution in [2.45, 2.75) is 19.4 Å². The largest absolute Gasteiger partial charge is 0.361 e. The maximum atomic E-state index is 13.2. The minimum atomic E-state index is -0.00238. The number of hydrogen-bond acceptors (Lipinski definition) is 3. The average molecular weight is 384 g/mol. The van der Waals surface area contributed by atoms with E-state index in [9.17, 15) is 4.79 Å². The highest BCUT2D eigenvalue weighted by Crippen LogP contribution is 2.28. The van der Waals surface area contributed by atoms with Crippen LogP contribution in [-0.2, 0) is 11.2 Å². The molecular formula is C20H18ClN3OS. The normalized spacial score (nSPS) is 16.7. The van der Waals surface area contributed by atoms with E-state index in [1.54, 1.807) is 28.8 Å². The van der Waals surface area contributed by atoms with Crippen molar-refractivity contribution >= 4 is 51.0 Å². The fourth-order valence-electron chi connectivity index (χ4n) is 3.05. The maximum absolute atomic E-state index is 13.2. The number of thioether (sulfide) groups is 1. The van der Waals surface area contributed by atoms with E-state index in [1.165, 1.54) is 0 Å². The third kappa shape index (κ3) is 3.37. The van der Waals surface area contributed by atoms with Crippen molar-refractivity contribution < 1.29 is 4.79 Å². The van der Waals surface area contributed by atoms with E-state index in [1.807, 2.05) is 42.6 Å². The highest BCUT2D eigenvalue weighted by Gasteiger charge is 2.27. The van der Waals surface area contributed by atoms with Crippen molar-refractivity contribution in [3.05, 3.63) is 65.3 Å². The van der Waals surface area contributed by atoms with Crippen molar-refractivity contribution in [1.82, 2.24) is 4.98 Å². The van der Waals surface area contributed by atoms with Gasteiger partial charge in [-0.05, 0) is 42.8 Å². The van der Waals surface area contributed by atoms with Gasteiger partial charge in [0.25, 0.3) is 0 Å². The molecule has 0 saturated carbocycles. The molecule has 1 aliphatic rings. The van der Waals surface area contributed by atoms with Gasteiger partial charge in [0.2, 0.25) is 5.91 Å². The third-order valence-electron chi connectivity index (χ3n) is 4.33. The topological polar surface area (TPSA) is 48.5 Å². The summed E-state index contributed by atoms with van der Waals surface area (Å²) in [6.45, 7) is 2.06. The molecule has 3 aromatic rings. The zero-order valence-electron chi connectivity index (χ0n) is 14.3. The maximum Gasteiger partial charge on any atom is 0.237 e. The first-order valence-electron chi connectivity index (χ1n) is 8.46. The molecular weight excluding hydrogens is 366 g/mol. The van der Waals surface area contributed by atoms with Crippen LogP contribution < -0.4 is 4.90 Å². The zero-order chi connectivity index (χ0) is 18.1. The summed E-state index contributed by atoms with van der Waals surface area (Å²) >= 11 is 7.63. The van der Waals surface area contributed by atoms with E-state index in [4.69, 9.17) is 11.6 Å². The van der Waals surface area contributed by atoms with Crippen molar-refractivity contribution in [1.29, 1.82) is 0 Å². The smallest absolute Gasteiger partial charge is 0.237 e. The molecule has 0 bridgehead atoms. The third-order valence-corrected chi connectivity index (χ3v) is 5.77. The SMILES string of the molecule is C[C@H]1CSC(N(C(=O)Cc2c[nH]c3ccccc23)c2ccc(Cl)cc2)=N1. The zero-order valence-corrected chi connectivity index (χ0v) is 15.8. The molecule has 26 heavy (non-hydrogen) atoms. The Morgan fingerprint density at radius 3 is 2.77 bits per heavy atom. The molecule has 0 spiro atoms. The fraction of sp³-hybridized carbons (Fsp3) is 0.200. The lowest BCUT2D eigenvalue weighted by molar-refractivity contribution is -0.117. The van der Waals surface area contributed by atoms with Crippen LogP contribution >= 0.6 is 23.4 Å². The van der Waals surface area contributed by atoms with Gasteiger partial charge in [0, 0.05) is 27.9 Å². The van der Waals surface area contributed by atoms with Gasteiger partial charge in [-0.15, -0.1) is 0 Å². The predicted molar refractivity (Wildman–Crippen MR) is 110 cm³/mol. The molecule has 0 unspecified atom stereocenters. The minimum Gasteiger partial charge on any atom is -0.361 e. The summed E-state index contributed by atoms with van der Waals surface area (Å²) in [4.78, 5) is 22.8. The number of benzene rings is 2. The van der Waals surface area contributed by atoms with Gasteiger partial charge in [-0.25, -0.2) is 0 Å². The fourth-order valence-corrected chi connectivity index (χ4v) is 4.23. The van der Waals surface area contributed by atoms with Crippen LogP contribution in [0.15, 0.2) is 59.7 Å². The molecule has 4 rings (SSSR count). The molecule has 6 heteroatoms. The Bertz CT molecular complexity index is 980. The lowest BCUT2D eigenvalue weighted by Gasteiger charge is -2.22. The number of fused-ring (bicyclic) bond motifs is 1. The number of H-pyrrole nitrogens is 1. The van der Waals surface area contributed by atoms with Crippen LogP contribution in [0.2, 0.25) is 5.02 Å². The number of rotatable bonds is 3. The van der Waals surface area contributed by atoms with Crippen LogP contribution in [-0.4, -0.2) is 27.9 Å². The van der Waals surface area contributed by atoms with Gasteiger partial charge in [0.15, 0.2) is 5.17 Å². The molecule has 2 aromatic carbocycles. The lowest BCUT2D eigenvalue weighted by Crippen LogP contribution is -2.35. The van der Waals surface area contributed by atoms with E-state index in [-0.39, 0.29) is 11.9 Å². The summed E-state index contributed by atoms with van der Waals surface area (Å²) in [5.74, 6) is 0.886. The molecule has 1 aliphatic heterocycles. The molecule has 0 radical (unpaired) electrons. The number of para-hydroxylation sites is 1. The van der Waals surface area contributed by atoms with E-state index >= 15 is 0 Å². The van der Waals surface area contributed by atoms with Crippen LogP contribution in [0, 0.1) is 0 Å². The number of carbonyl (C=O) groups excluding carboxylic acids is 1. The van der Waals surface area contributed by atoms with Crippen LogP contribution in [0.25, 0.3) is 10.9 Å². The molecule has 1 aromatic heterocycles. The van der Waals surface area contributed by atoms with Crippen LogP contribution in [0.5, 0.6) is 0 Å². The summed E-state index contributed by atoms with van der Waals surface area (Å²) in [6, 6.07) is 15.5. The van der Waals surface area contributed by atoms with Gasteiger partial charge in [-0.1, -0.05) is 41.6 Å². The number of aromatic nitrogens is 1. The van der Waals surface area contributed by atoms with Gasteiger partial charge in [0.05, 0.1) is 18.2 Å². The van der Waals surface area contributed by atoms with E-state index in [2.05, 4.69) is 16.9 Å². The van der Waals surface area contributed by atoms with Gasteiger partial charge in [-0.2, -0.15) is 0 Å². The number of halogens is 1. The van der Waals surface area contributed by atoms with E-state index in [0.717, 1.165) is 33.1 Å². The van der Waals surface area contributed by atoms with Gasteiger partial charge in [-0.3, -0.25) is 14.7 Å². The molecule has 0 aliphatic carbocycles. The lowest BCUT2D eigenvalue weighted by atomic mass is 10.1. The van der Waals surface area contributed by atoms with Gasteiger partial charge in [0.1, 0.15) is 0 Å². The summed E-state index contributed by atoms with van der Waals surface area (Å²) in [5, 5.41) is 2.48. The van der Waals surface area contributed by atoms with E-state index < -0.39 is 0 Å².